The van der Waals surface area contributed by atoms with Crippen LogP contribution in [0.5, 0.6) is 5.75 Å². The fourth-order valence-corrected chi connectivity index (χ4v) is 2.12. The molecule has 3 unspecified atom stereocenters. The molecule has 1 aromatic rings. The van der Waals surface area contributed by atoms with E-state index >= 15 is 0 Å². The Morgan fingerprint density at radius 2 is 2.13 bits per heavy atom. The third kappa shape index (κ3) is 2.15. The molecule has 0 aromatic heterocycles. The van der Waals surface area contributed by atoms with Gasteiger partial charge in [0.25, 0.3) is 0 Å². The first-order valence-electron chi connectivity index (χ1n) is 5.71. The Balaban J connectivity index is 2.18. The Hall–Kier alpha value is -1.02. The van der Waals surface area contributed by atoms with E-state index in [4.69, 9.17) is 10.5 Å². The summed E-state index contributed by atoms with van der Waals surface area (Å²) in [5, 5.41) is 0. The van der Waals surface area contributed by atoms with Crippen molar-refractivity contribution < 1.29 is 4.74 Å². The molecule has 1 aromatic carbocycles. The summed E-state index contributed by atoms with van der Waals surface area (Å²) in [6, 6.07) is 8.26. The van der Waals surface area contributed by atoms with E-state index in [1.54, 1.807) is 0 Å². The van der Waals surface area contributed by atoms with Gasteiger partial charge < -0.3 is 10.5 Å². The van der Waals surface area contributed by atoms with Crippen molar-refractivity contribution in [3.05, 3.63) is 29.8 Å². The van der Waals surface area contributed by atoms with Crippen molar-refractivity contribution in [2.45, 2.75) is 26.3 Å². The summed E-state index contributed by atoms with van der Waals surface area (Å²) in [6.07, 6.45) is 1.25. The number of hydrogen-bond donors (Lipinski definition) is 1. The molecule has 2 N–H and O–H groups in total. The molecule has 15 heavy (non-hydrogen) atoms. The number of rotatable bonds is 4. The van der Waals surface area contributed by atoms with Crippen LogP contribution in [0.4, 0.5) is 0 Å². The lowest BCUT2D eigenvalue weighted by molar-refractivity contribution is 0.332. The molecule has 0 aliphatic heterocycles. The normalized spacial score (nSPS) is 26.1. The van der Waals surface area contributed by atoms with E-state index in [1.807, 2.05) is 25.1 Å². The molecule has 0 saturated heterocycles. The molecule has 0 amide bonds. The van der Waals surface area contributed by atoms with Crippen molar-refractivity contribution >= 4 is 0 Å². The van der Waals surface area contributed by atoms with Gasteiger partial charge in [-0.2, -0.15) is 0 Å². The van der Waals surface area contributed by atoms with Crippen molar-refractivity contribution in [2.24, 2.45) is 17.6 Å². The van der Waals surface area contributed by atoms with E-state index in [9.17, 15) is 0 Å². The molecule has 2 heteroatoms. The molecular weight excluding hydrogens is 186 g/mol. The summed E-state index contributed by atoms with van der Waals surface area (Å²) < 4.78 is 5.59. The lowest BCUT2D eigenvalue weighted by atomic mass is 10.0. The van der Waals surface area contributed by atoms with Crippen LogP contribution in [0.2, 0.25) is 0 Å². The Kier molecular flexibility index (Phi) is 2.96. The highest BCUT2D eigenvalue weighted by atomic mass is 16.5. The molecule has 0 spiro atoms. The second-order valence-corrected chi connectivity index (χ2v) is 4.37. The predicted octanol–water partition coefficient (Wildman–Crippen LogP) is 2.74. The van der Waals surface area contributed by atoms with E-state index in [0.29, 0.717) is 12.5 Å². The van der Waals surface area contributed by atoms with Gasteiger partial charge in [0, 0.05) is 11.6 Å². The first-order chi connectivity index (χ1) is 7.24. The quantitative estimate of drug-likeness (QED) is 0.820. The summed E-state index contributed by atoms with van der Waals surface area (Å²) in [6.45, 7) is 4.96. The van der Waals surface area contributed by atoms with Crippen LogP contribution in [0, 0.1) is 11.8 Å². The molecular formula is C13H19NO. The maximum Gasteiger partial charge on any atom is 0.124 e. The van der Waals surface area contributed by atoms with Gasteiger partial charge in [0.1, 0.15) is 5.75 Å². The highest BCUT2D eigenvalue weighted by molar-refractivity contribution is 5.36. The summed E-state index contributed by atoms with van der Waals surface area (Å²) in [5.74, 6) is 2.37. The Labute approximate surface area is 91.4 Å². The monoisotopic (exact) mass is 205 g/mol. The van der Waals surface area contributed by atoms with Gasteiger partial charge in [-0.15, -0.1) is 0 Å². The second kappa shape index (κ2) is 4.23. The van der Waals surface area contributed by atoms with Crippen molar-refractivity contribution in [1.82, 2.24) is 0 Å². The lowest BCUT2D eigenvalue weighted by Crippen LogP contribution is -2.14. The van der Waals surface area contributed by atoms with E-state index in [1.165, 1.54) is 6.42 Å². The molecule has 3 atom stereocenters. The van der Waals surface area contributed by atoms with Crippen molar-refractivity contribution in [3.8, 4) is 5.75 Å². The predicted molar refractivity (Wildman–Crippen MR) is 61.8 cm³/mol. The molecule has 82 valence electrons. The van der Waals surface area contributed by atoms with Crippen LogP contribution in [0.1, 0.15) is 31.9 Å². The molecule has 0 radical (unpaired) electrons. The van der Waals surface area contributed by atoms with E-state index in [0.717, 1.165) is 17.2 Å². The fourth-order valence-electron chi connectivity index (χ4n) is 2.12. The van der Waals surface area contributed by atoms with Crippen LogP contribution in [0.3, 0.4) is 0 Å². The number of ether oxygens (including phenoxy) is 1. The van der Waals surface area contributed by atoms with Crippen LogP contribution < -0.4 is 10.5 Å². The average molecular weight is 205 g/mol. The lowest BCUT2D eigenvalue weighted by Gasteiger charge is -2.16. The zero-order valence-electron chi connectivity index (χ0n) is 9.44. The van der Waals surface area contributed by atoms with E-state index < -0.39 is 0 Å². The maximum atomic E-state index is 6.24. The van der Waals surface area contributed by atoms with Gasteiger partial charge in [-0.3, -0.25) is 0 Å². The van der Waals surface area contributed by atoms with Gasteiger partial charge in [-0.1, -0.05) is 25.1 Å². The summed E-state index contributed by atoms with van der Waals surface area (Å²) in [5.41, 5.74) is 7.40. The highest BCUT2D eigenvalue weighted by Gasteiger charge is 2.39. The number of hydrogen-bond acceptors (Lipinski definition) is 2. The zero-order valence-corrected chi connectivity index (χ0v) is 9.44. The molecule has 1 fully saturated rings. The van der Waals surface area contributed by atoms with E-state index in [-0.39, 0.29) is 6.04 Å². The molecule has 1 saturated carbocycles. The Morgan fingerprint density at radius 1 is 1.47 bits per heavy atom. The van der Waals surface area contributed by atoms with Crippen LogP contribution in [-0.2, 0) is 0 Å². The molecule has 2 rings (SSSR count). The first kappa shape index (κ1) is 10.5. The van der Waals surface area contributed by atoms with E-state index in [2.05, 4.69) is 13.0 Å². The topological polar surface area (TPSA) is 35.2 Å². The third-order valence-corrected chi connectivity index (χ3v) is 3.21. The van der Waals surface area contributed by atoms with Crippen LogP contribution in [-0.4, -0.2) is 6.61 Å². The molecule has 2 nitrogen and oxygen atoms in total. The van der Waals surface area contributed by atoms with Gasteiger partial charge >= 0.3 is 0 Å². The standard InChI is InChI=1S/C13H19NO/c1-3-15-12-7-5-4-6-10(12)13(14)11-8-9(11)2/h4-7,9,11,13H,3,8,14H2,1-2H3. The number of para-hydroxylation sites is 1. The number of nitrogens with two attached hydrogens (primary N) is 1. The smallest absolute Gasteiger partial charge is 0.124 e. The molecule has 1 aliphatic carbocycles. The second-order valence-electron chi connectivity index (χ2n) is 4.37. The summed E-state index contributed by atoms with van der Waals surface area (Å²) >= 11 is 0. The minimum absolute atomic E-state index is 0.141. The maximum absolute atomic E-state index is 6.24. The zero-order chi connectivity index (χ0) is 10.8. The number of benzene rings is 1. The third-order valence-electron chi connectivity index (χ3n) is 3.21. The fraction of sp³-hybridized carbons (Fsp3) is 0.538. The molecule has 1 aliphatic rings. The van der Waals surface area contributed by atoms with Gasteiger partial charge in [-0.25, -0.2) is 0 Å². The van der Waals surface area contributed by atoms with Crippen LogP contribution in [0.25, 0.3) is 0 Å². The minimum atomic E-state index is 0.141. The van der Waals surface area contributed by atoms with Crippen LogP contribution >= 0.6 is 0 Å². The first-order valence-corrected chi connectivity index (χ1v) is 5.71. The van der Waals surface area contributed by atoms with Crippen molar-refractivity contribution in [1.29, 1.82) is 0 Å². The van der Waals surface area contributed by atoms with Gasteiger partial charge in [0.05, 0.1) is 6.61 Å². The van der Waals surface area contributed by atoms with Crippen LogP contribution in [0.15, 0.2) is 24.3 Å². The van der Waals surface area contributed by atoms with Gasteiger partial charge in [-0.05, 0) is 31.2 Å². The minimum Gasteiger partial charge on any atom is -0.494 e. The highest BCUT2D eigenvalue weighted by Crippen LogP contribution is 2.47. The van der Waals surface area contributed by atoms with Gasteiger partial charge in [0.2, 0.25) is 0 Å². The van der Waals surface area contributed by atoms with Crippen molar-refractivity contribution in [2.75, 3.05) is 6.61 Å². The Morgan fingerprint density at radius 3 is 2.73 bits per heavy atom. The van der Waals surface area contributed by atoms with Crippen molar-refractivity contribution in [3.63, 3.8) is 0 Å². The van der Waals surface area contributed by atoms with Gasteiger partial charge in [0.15, 0.2) is 0 Å². The molecule has 0 bridgehead atoms. The summed E-state index contributed by atoms with van der Waals surface area (Å²) in [7, 11) is 0. The Bertz CT molecular complexity index is 337. The SMILES string of the molecule is CCOc1ccccc1C(N)C1CC1C. The average Bonchev–Trinajstić information content (AvgIpc) is 2.96. The summed E-state index contributed by atoms with van der Waals surface area (Å²) in [4.78, 5) is 0. The largest absolute Gasteiger partial charge is 0.494 e. The molecule has 0 heterocycles.